The molecule has 4 atom stereocenters. The number of nitrogens with one attached hydrogen (secondary N) is 1. The molecule has 0 aromatic heterocycles. The van der Waals surface area contributed by atoms with Gasteiger partial charge >= 0.3 is 23.9 Å². The first-order valence-electron chi connectivity index (χ1n) is 13.1. The van der Waals surface area contributed by atoms with Gasteiger partial charge in [-0.05, 0) is 36.4 Å². The Balaban J connectivity index is 1.46. The van der Waals surface area contributed by atoms with Gasteiger partial charge in [-0.15, -0.1) is 0 Å². The van der Waals surface area contributed by atoms with Crippen molar-refractivity contribution in [3.8, 4) is 0 Å². The van der Waals surface area contributed by atoms with Crippen molar-refractivity contribution >= 4 is 23.9 Å². The second kappa shape index (κ2) is 12.9. The molecule has 2 heterocycles. The zero-order valence-electron chi connectivity index (χ0n) is 22.0. The number of urea groups is 1. The van der Waals surface area contributed by atoms with E-state index in [1.165, 1.54) is 4.90 Å². The number of ether oxygens (including phenoxy) is 4. The van der Waals surface area contributed by atoms with E-state index in [4.69, 9.17) is 18.9 Å². The van der Waals surface area contributed by atoms with Crippen LogP contribution in [0.4, 0.5) is 4.79 Å². The number of carbonyl (C=O) groups excluding carboxylic acids is 4. The highest BCUT2D eigenvalue weighted by Gasteiger charge is 2.53. The van der Waals surface area contributed by atoms with Gasteiger partial charge in [0.1, 0.15) is 12.7 Å². The van der Waals surface area contributed by atoms with Crippen molar-refractivity contribution < 1.29 is 38.1 Å². The second-order valence-electron chi connectivity index (χ2n) is 9.31. The summed E-state index contributed by atoms with van der Waals surface area (Å²) in [6.07, 6.45) is -1.13. The number of amides is 2. The number of carbonyl (C=O) groups is 4. The molecule has 1 fully saturated rings. The first kappa shape index (κ1) is 27.6. The van der Waals surface area contributed by atoms with Crippen LogP contribution in [0.15, 0.2) is 103 Å². The lowest BCUT2D eigenvalue weighted by molar-refractivity contribution is -0.0820. The predicted molar refractivity (Wildman–Crippen MR) is 146 cm³/mol. The summed E-state index contributed by atoms with van der Waals surface area (Å²) in [5.41, 5.74) is 0.849. The molecule has 0 spiro atoms. The van der Waals surface area contributed by atoms with E-state index >= 15 is 0 Å². The number of nitrogens with zero attached hydrogens (tertiary/aromatic N) is 1. The van der Waals surface area contributed by atoms with E-state index in [1.54, 1.807) is 103 Å². The minimum Gasteiger partial charge on any atom is -0.459 e. The van der Waals surface area contributed by atoms with Crippen LogP contribution in [0.5, 0.6) is 0 Å². The summed E-state index contributed by atoms with van der Waals surface area (Å²) in [4.78, 5) is 53.4. The highest BCUT2D eigenvalue weighted by molar-refractivity contribution is 5.91. The normalized spacial score (nSPS) is 21.9. The fourth-order valence-corrected chi connectivity index (χ4v) is 4.53. The predicted octanol–water partition coefficient (Wildman–Crippen LogP) is 3.60. The molecule has 3 aromatic rings. The van der Waals surface area contributed by atoms with Gasteiger partial charge in [0.05, 0.1) is 16.7 Å². The summed E-state index contributed by atoms with van der Waals surface area (Å²) in [5, 5.41) is 2.73. The number of benzene rings is 3. The van der Waals surface area contributed by atoms with Crippen LogP contribution in [-0.2, 0) is 18.9 Å². The summed E-state index contributed by atoms with van der Waals surface area (Å²) in [6.45, 7) is 0.120. The van der Waals surface area contributed by atoms with Gasteiger partial charge in [-0.3, -0.25) is 4.90 Å². The van der Waals surface area contributed by atoms with Gasteiger partial charge in [0.25, 0.3) is 0 Å². The van der Waals surface area contributed by atoms with Crippen molar-refractivity contribution in [3.63, 3.8) is 0 Å². The van der Waals surface area contributed by atoms with Crippen LogP contribution in [0.1, 0.15) is 31.1 Å². The molecule has 10 heteroatoms. The SMILES string of the molecule is O=C(OC[C@H]1O[C@@H](N2CC=CCNC2=O)[C@H](OC(=O)c2ccccc2)[C@@H]1OC(=O)c1ccccc1)c1ccccc1. The zero-order valence-corrected chi connectivity index (χ0v) is 22.0. The molecule has 2 aliphatic rings. The van der Waals surface area contributed by atoms with Gasteiger partial charge in [-0.1, -0.05) is 66.7 Å². The molecule has 10 nitrogen and oxygen atoms in total. The van der Waals surface area contributed by atoms with Crippen LogP contribution in [0.25, 0.3) is 0 Å². The molecule has 210 valence electrons. The maximum absolute atomic E-state index is 13.2. The van der Waals surface area contributed by atoms with E-state index in [0.717, 1.165) is 0 Å². The summed E-state index contributed by atoms with van der Waals surface area (Å²) in [7, 11) is 0. The van der Waals surface area contributed by atoms with Crippen molar-refractivity contribution in [1.29, 1.82) is 0 Å². The summed E-state index contributed by atoms with van der Waals surface area (Å²) < 4.78 is 23.5. The molecular weight excluding hydrogens is 528 g/mol. The Bertz CT molecular complexity index is 1400. The van der Waals surface area contributed by atoms with Crippen molar-refractivity contribution in [2.24, 2.45) is 0 Å². The topological polar surface area (TPSA) is 120 Å². The molecule has 0 bridgehead atoms. The largest absolute Gasteiger partial charge is 0.459 e. The Hall–Kier alpha value is -4.96. The number of esters is 3. The van der Waals surface area contributed by atoms with Crippen LogP contribution in [-0.4, -0.2) is 73.1 Å². The molecule has 1 saturated heterocycles. The monoisotopic (exact) mass is 556 g/mol. The van der Waals surface area contributed by atoms with E-state index in [9.17, 15) is 19.2 Å². The average Bonchev–Trinajstić information content (AvgIpc) is 3.18. The van der Waals surface area contributed by atoms with Crippen LogP contribution in [0, 0.1) is 0 Å². The van der Waals surface area contributed by atoms with E-state index in [2.05, 4.69) is 5.32 Å². The third-order valence-corrected chi connectivity index (χ3v) is 6.59. The van der Waals surface area contributed by atoms with E-state index < -0.39 is 48.5 Å². The Morgan fingerprint density at radius 2 is 1.24 bits per heavy atom. The van der Waals surface area contributed by atoms with Gasteiger partial charge in [0.15, 0.2) is 18.4 Å². The molecule has 1 N–H and O–H groups in total. The third-order valence-electron chi connectivity index (χ3n) is 6.59. The zero-order chi connectivity index (χ0) is 28.6. The summed E-state index contributed by atoms with van der Waals surface area (Å²) in [6, 6.07) is 24.5. The van der Waals surface area contributed by atoms with Crippen LogP contribution < -0.4 is 5.32 Å². The van der Waals surface area contributed by atoms with Crippen molar-refractivity contribution in [3.05, 3.63) is 120 Å². The number of hydrogen-bond donors (Lipinski definition) is 1. The molecule has 3 aromatic carbocycles. The Labute approximate surface area is 236 Å². The van der Waals surface area contributed by atoms with Gasteiger partial charge < -0.3 is 24.3 Å². The number of rotatable bonds is 8. The van der Waals surface area contributed by atoms with Crippen molar-refractivity contribution in [1.82, 2.24) is 10.2 Å². The van der Waals surface area contributed by atoms with Gasteiger partial charge in [0.2, 0.25) is 0 Å². The van der Waals surface area contributed by atoms with E-state index in [1.807, 2.05) is 0 Å². The lowest BCUT2D eigenvalue weighted by Crippen LogP contribution is -2.52. The molecule has 0 radical (unpaired) electrons. The molecule has 0 unspecified atom stereocenters. The number of hydrogen-bond acceptors (Lipinski definition) is 8. The van der Waals surface area contributed by atoms with Crippen LogP contribution >= 0.6 is 0 Å². The molecular formula is C31H28N2O8. The molecule has 2 amide bonds. The highest BCUT2D eigenvalue weighted by atomic mass is 16.7. The van der Waals surface area contributed by atoms with Gasteiger partial charge in [-0.2, -0.15) is 0 Å². The van der Waals surface area contributed by atoms with Crippen LogP contribution in [0.3, 0.4) is 0 Å². The minimum absolute atomic E-state index is 0.145. The lowest BCUT2D eigenvalue weighted by Gasteiger charge is -2.31. The molecule has 2 aliphatic heterocycles. The average molecular weight is 557 g/mol. The summed E-state index contributed by atoms with van der Waals surface area (Å²) >= 11 is 0. The lowest BCUT2D eigenvalue weighted by atomic mass is 10.1. The Morgan fingerprint density at radius 1 is 0.732 bits per heavy atom. The van der Waals surface area contributed by atoms with Gasteiger partial charge in [-0.25, -0.2) is 19.2 Å². The molecule has 41 heavy (non-hydrogen) atoms. The first-order chi connectivity index (χ1) is 20.0. The Morgan fingerprint density at radius 3 is 1.80 bits per heavy atom. The van der Waals surface area contributed by atoms with Crippen molar-refractivity contribution in [2.45, 2.75) is 24.5 Å². The maximum Gasteiger partial charge on any atom is 0.338 e. The Kier molecular flexibility index (Phi) is 8.70. The second-order valence-corrected chi connectivity index (χ2v) is 9.31. The minimum atomic E-state index is -1.24. The molecule has 0 aliphatic carbocycles. The molecule has 0 saturated carbocycles. The molecule has 5 rings (SSSR count). The fraction of sp³-hybridized carbons (Fsp3) is 0.226. The fourth-order valence-electron chi connectivity index (χ4n) is 4.53. The highest BCUT2D eigenvalue weighted by Crippen LogP contribution is 2.31. The quantitative estimate of drug-likeness (QED) is 0.254. The van der Waals surface area contributed by atoms with E-state index in [0.29, 0.717) is 12.1 Å². The van der Waals surface area contributed by atoms with E-state index in [-0.39, 0.29) is 24.3 Å². The van der Waals surface area contributed by atoms with Crippen molar-refractivity contribution in [2.75, 3.05) is 19.7 Å². The first-order valence-corrected chi connectivity index (χ1v) is 13.1. The smallest absolute Gasteiger partial charge is 0.338 e. The third kappa shape index (κ3) is 6.62. The standard InChI is InChI=1S/C31H28N2O8/c34-28(21-12-4-1-5-13-21)38-20-24-25(40-29(35)22-14-6-2-7-15-22)26(41-30(36)23-16-8-3-9-17-23)27(39-24)33-19-11-10-18-32-31(33)37/h1-17,24-27H,18-20H2,(H,32,37)/t24-,25-,26-,27-/m1/s1. The van der Waals surface area contributed by atoms with Crippen LogP contribution in [0.2, 0.25) is 0 Å². The maximum atomic E-state index is 13.2. The summed E-state index contributed by atoms with van der Waals surface area (Å²) in [5.74, 6) is -2.00. The van der Waals surface area contributed by atoms with Gasteiger partial charge in [0, 0.05) is 13.1 Å².